The number of rotatable bonds is 4. The van der Waals surface area contributed by atoms with Crippen molar-refractivity contribution < 1.29 is 4.79 Å². The van der Waals surface area contributed by atoms with Gasteiger partial charge in [0.25, 0.3) is 0 Å². The lowest BCUT2D eigenvalue weighted by Gasteiger charge is -2.27. The van der Waals surface area contributed by atoms with Crippen LogP contribution in [0.4, 0.5) is 5.69 Å². The Morgan fingerprint density at radius 1 is 1.26 bits per heavy atom. The molecular weight excluding hydrogens is 236 g/mol. The van der Waals surface area contributed by atoms with Gasteiger partial charge in [0.1, 0.15) is 0 Å². The van der Waals surface area contributed by atoms with Gasteiger partial charge >= 0.3 is 0 Å². The van der Waals surface area contributed by atoms with Crippen LogP contribution < -0.4 is 5.73 Å². The molecule has 1 atom stereocenters. The van der Waals surface area contributed by atoms with Gasteiger partial charge in [-0.2, -0.15) is 0 Å². The van der Waals surface area contributed by atoms with E-state index in [1.807, 2.05) is 36.2 Å². The molecule has 1 amide bonds. The molecule has 0 bridgehead atoms. The lowest BCUT2D eigenvalue weighted by Crippen LogP contribution is -2.35. The molecule has 1 aromatic carbocycles. The first-order chi connectivity index (χ1) is 8.69. The fourth-order valence-electron chi connectivity index (χ4n) is 2.16. The molecule has 0 spiro atoms. The number of amides is 1. The lowest BCUT2D eigenvalue weighted by atomic mass is 9.94. The second-order valence-corrected chi connectivity index (χ2v) is 6.58. The van der Waals surface area contributed by atoms with Gasteiger partial charge in [0, 0.05) is 25.7 Å². The highest BCUT2D eigenvalue weighted by atomic mass is 16.2. The van der Waals surface area contributed by atoms with Gasteiger partial charge in [0.05, 0.1) is 0 Å². The van der Waals surface area contributed by atoms with Crippen molar-refractivity contribution in [2.75, 3.05) is 19.3 Å². The number of benzene rings is 1. The fourth-order valence-corrected chi connectivity index (χ4v) is 2.16. The van der Waals surface area contributed by atoms with E-state index in [0.717, 1.165) is 17.8 Å². The summed E-state index contributed by atoms with van der Waals surface area (Å²) in [4.78, 5) is 14.0. The van der Waals surface area contributed by atoms with E-state index in [2.05, 4.69) is 27.7 Å². The Balaban J connectivity index is 2.59. The Labute approximate surface area is 116 Å². The molecular formula is C16H26N2O. The summed E-state index contributed by atoms with van der Waals surface area (Å²) in [6.45, 7) is 9.27. The maximum absolute atomic E-state index is 12.2. The van der Waals surface area contributed by atoms with Crippen LogP contribution in [-0.4, -0.2) is 24.4 Å². The molecule has 2 N–H and O–H groups in total. The van der Waals surface area contributed by atoms with Gasteiger partial charge in [0.2, 0.25) is 5.91 Å². The van der Waals surface area contributed by atoms with Crippen molar-refractivity contribution in [3.8, 4) is 0 Å². The number of nitrogen functional groups attached to an aromatic ring is 1. The summed E-state index contributed by atoms with van der Waals surface area (Å²) in [5, 5.41) is 0. The number of carbonyl (C=O) groups is 1. The summed E-state index contributed by atoms with van der Waals surface area (Å²) < 4.78 is 0. The Bertz CT molecular complexity index is 417. The van der Waals surface area contributed by atoms with E-state index in [9.17, 15) is 4.79 Å². The summed E-state index contributed by atoms with van der Waals surface area (Å²) in [5.74, 6) is 0.412. The van der Waals surface area contributed by atoms with Crippen molar-refractivity contribution in [3.05, 3.63) is 29.8 Å². The molecule has 1 rings (SSSR count). The molecule has 0 heterocycles. The van der Waals surface area contributed by atoms with Gasteiger partial charge in [-0.3, -0.25) is 4.79 Å². The first-order valence-electron chi connectivity index (χ1n) is 6.78. The molecule has 0 aliphatic rings. The highest BCUT2D eigenvalue weighted by molar-refractivity contribution is 5.76. The predicted octanol–water partition coefficient (Wildman–Crippen LogP) is 3.27. The first-order valence-corrected chi connectivity index (χ1v) is 6.78. The van der Waals surface area contributed by atoms with E-state index < -0.39 is 0 Å². The Hall–Kier alpha value is -1.51. The van der Waals surface area contributed by atoms with Crippen molar-refractivity contribution in [3.63, 3.8) is 0 Å². The smallest absolute Gasteiger partial charge is 0.222 e. The minimum absolute atomic E-state index is 0.134. The lowest BCUT2D eigenvalue weighted by molar-refractivity contribution is -0.131. The van der Waals surface area contributed by atoms with Crippen LogP contribution in [-0.2, 0) is 4.79 Å². The third-order valence-electron chi connectivity index (χ3n) is 3.12. The van der Waals surface area contributed by atoms with Crippen LogP contribution in [0.1, 0.15) is 45.6 Å². The van der Waals surface area contributed by atoms with Gasteiger partial charge < -0.3 is 10.6 Å². The second-order valence-electron chi connectivity index (χ2n) is 6.58. The van der Waals surface area contributed by atoms with Gasteiger partial charge in [0.15, 0.2) is 0 Å². The third kappa shape index (κ3) is 5.33. The summed E-state index contributed by atoms with van der Waals surface area (Å²) in [7, 11) is 1.88. The van der Waals surface area contributed by atoms with Crippen LogP contribution >= 0.6 is 0 Å². The molecule has 0 aliphatic heterocycles. The molecule has 106 valence electrons. The van der Waals surface area contributed by atoms with Crippen LogP contribution in [0.5, 0.6) is 0 Å². The Morgan fingerprint density at radius 3 is 2.26 bits per heavy atom. The van der Waals surface area contributed by atoms with Crippen molar-refractivity contribution in [1.29, 1.82) is 0 Å². The maximum Gasteiger partial charge on any atom is 0.222 e. The monoisotopic (exact) mass is 262 g/mol. The molecule has 0 fully saturated rings. The molecule has 3 heteroatoms. The van der Waals surface area contributed by atoms with Crippen LogP contribution in [0.2, 0.25) is 0 Å². The van der Waals surface area contributed by atoms with E-state index in [1.54, 1.807) is 0 Å². The number of hydrogen-bond acceptors (Lipinski definition) is 2. The highest BCUT2D eigenvalue weighted by Gasteiger charge is 2.19. The molecule has 3 nitrogen and oxygen atoms in total. The van der Waals surface area contributed by atoms with Gasteiger partial charge in [-0.1, -0.05) is 39.8 Å². The minimum Gasteiger partial charge on any atom is -0.399 e. The Kier molecular flexibility index (Phi) is 4.98. The highest BCUT2D eigenvalue weighted by Crippen LogP contribution is 2.22. The molecule has 0 aromatic heterocycles. The zero-order valence-corrected chi connectivity index (χ0v) is 12.7. The normalized spacial score (nSPS) is 13.1. The number of hydrogen-bond donors (Lipinski definition) is 1. The summed E-state index contributed by atoms with van der Waals surface area (Å²) in [6.07, 6.45) is 0.538. The van der Waals surface area contributed by atoms with Crippen LogP contribution in [0.3, 0.4) is 0 Å². The first kappa shape index (κ1) is 15.5. The predicted molar refractivity (Wildman–Crippen MR) is 81.0 cm³/mol. The quantitative estimate of drug-likeness (QED) is 0.846. The third-order valence-corrected chi connectivity index (χ3v) is 3.12. The van der Waals surface area contributed by atoms with Gasteiger partial charge in [-0.25, -0.2) is 0 Å². The van der Waals surface area contributed by atoms with E-state index >= 15 is 0 Å². The molecule has 19 heavy (non-hydrogen) atoms. The topological polar surface area (TPSA) is 46.3 Å². The minimum atomic E-state index is 0.134. The van der Waals surface area contributed by atoms with E-state index in [1.165, 1.54) is 0 Å². The van der Waals surface area contributed by atoms with E-state index in [0.29, 0.717) is 6.42 Å². The average molecular weight is 262 g/mol. The zero-order valence-electron chi connectivity index (χ0n) is 12.7. The van der Waals surface area contributed by atoms with Gasteiger partial charge in [-0.15, -0.1) is 0 Å². The van der Waals surface area contributed by atoms with Gasteiger partial charge in [-0.05, 0) is 29.0 Å². The average Bonchev–Trinajstić information content (AvgIpc) is 2.27. The van der Waals surface area contributed by atoms with Crippen molar-refractivity contribution >= 4 is 11.6 Å². The molecule has 0 saturated carbocycles. The van der Waals surface area contributed by atoms with E-state index in [4.69, 9.17) is 5.73 Å². The SMILES string of the molecule is CC(CC(=O)N(C)CC(C)(C)C)c1ccc(N)cc1. The second kappa shape index (κ2) is 6.09. The largest absolute Gasteiger partial charge is 0.399 e. The maximum atomic E-state index is 12.2. The molecule has 0 saturated heterocycles. The van der Waals surface area contributed by atoms with Crippen molar-refractivity contribution in [2.45, 2.75) is 40.0 Å². The number of nitrogens with zero attached hydrogens (tertiary/aromatic N) is 1. The molecule has 0 radical (unpaired) electrons. The number of nitrogens with two attached hydrogens (primary N) is 1. The molecule has 1 unspecified atom stereocenters. The van der Waals surface area contributed by atoms with E-state index in [-0.39, 0.29) is 17.2 Å². The van der Waals surface area contributed by atoms with Crippen LogP contribution in [0, 0.1) is 5.41 Å². The van der Waals surface area contributed by atoms with Crippen LogP contribution in [0.15, 0.2) is 24.3 Å². The standard InChI is InChI=1S/C16H26N2O/c1-12(13-6-8-14(17)9-7-13)10-15(19)18(5)11-16(2,3)4/h6-9,12H,10-11,17H2,1-5H3. The Morgan fingerprint density at radius 2 is 1.79 bits per heavy atom. The van der Waals surface area contributed by atoms with Crippen LogP contribution in [0.25, 0.3) is 0 Å². The number of anilines is 1. The fraction of sp³-hybridized carbons (Fsp3) is 0.562. The zero-order chi connectivity index (χ0) is 14.6. The number of carbonyl (C=O) groups excluding carboxylic acids is 1. The molecule has 0 aliphatic carbocycles. The molecule has 1 aromatic rings. The summed E-state index contributed by atoms with van der Waals surface area (Å²) in [5.41, 5.74) is 7.72. The summed E-state index contributed by atoms with van der Waals surface area (Å²) in [6, 6.07) is 7.76. The van der Waals surface area contributed by atoms with Crippen molar-refractivity contribution in [1.82, 2.24) is 4.90 Å². The van der Waals surface area contributed by atoms with Crippen molar-refractivity contribution in [2.24, 2.45) is 5.41 Å². The summed E-state index contributed by atoms with van der Waals surface area (Å²) >= 11 is 0.